The molecule has 0 unspecified atom stereocenters. The zero-order valence-corrected chi connectivity index (χ0v) is 12.3. The Bertz CT molecular complexity index is 890. The van der Waals surface area contributed by atoms with Crippen molar-refractivity contribution in [3.05, 3.63) is 80.3 Å². The third kappa shape index (κ3) is 1.96. The Hall–Kier alpha value is -2.73. The number of hydrogen-bond donors (Lipinski definition) is 0. The van der Waals surface area contributed by atoms with Crippen LogP contribution in [0.3, 0.4) is 0 Å². The molecule has 108 valence electrons. The van der Waals surface area contributed by atoms with Crippen LogP contribution in [0.15, 0.2) is 59.0 Å². The first-order valence-electron chi connectivity index (χ1n) is 6.78. The Balaban J connectivity index is 1.83. The van der Waals surface area contributed by atoms with Crippen molar-refractivity contribution in [3.63, 3.8) is 0 Å². The number of aliphatic imine (C=N–C) groups is 1. The quantitative estimate of drug-likeness (QED) is 0.534. The molecular weight excluding hydrogens is 298 g/mol. The third-order valence-corrected chi connectivity index (χ3v) is 4.60. The molecule has 3 heterocycles. The summed E-state index contributed by atoms with van der Waals surface area (Å²) in [6, 6.07) is 12.7. The summed E-state index contributed by atoms with van der Waals surface area (Å²) in [7, 11) is 0. The fourth-order valence-corrected chi connectivity index (χ4v) is 3.45. The van der Waals surface area contributed by atoms with Crippen LogP contribution in [0.25, 0.3) is 5.69 Å². The van der Waals surface area contributed by atoms with Gasteiger partial charge in [-0.2, -0.15) is 0 Å². The fourth-order valence-electron chi connectivity index (χ4n) is 2.66. The molecule has 2 aromatic heterocycles. The van der Waals surface area contributed by atoms with E-state index in [-0.39, 0.29) is 10.6 Å². The Morgan fingerprint density at radius 1 is 1.18 bits per heavy atom. The number of nitro groups is 1. The molecule has 0 N–H and O–H groups in total. The van der Waals surface area contributed by atoms with Gasteiger partial charge in [0.15, 0.2) is 0 Å². The highest BCUT2D eigenvalue weighted by Crippen LogP contribution is 2.28. The van der Waals surface area contributed by atoms with E-state index in [4.69, 9.17) is 4.99 Å². The van der Waals surface area contributed by atoms with Gasteiger partial charge in [0.2, 0.25) is 0 Å². The minimum Gasteiger partial charge on any atom is -0.314 e. The second-order valence-electron chi connectivity index (χ2n) is 4.96. The first-order valence-corrected chi connectivity index (χ1v) is 7.66. The lowest BCUT2D eigenvalue weighted by atomic mass is 10.1. The van der Waals surface area contributed by atoms with Crippen LogP contribution in [0.2, 0.25) is 0 Å². The van der Waals surface area contributed by atoms with Crippen LogP contribution < -0.4 is 0 Å². The molecule has 0 amide bonds. The monoisotopic (exact) mass is 309 g/mol. The standard InChI is InChI=1S/C16H11N3O2S/c20-19(21)12-5-3-11(4-6-12)16-14-2-1-8-18(14)13-7-9-22-15(13)10-17-16/h1-9H,10H2. The van der Waals surface area contributed by atoms with E-state index in [1.165, 1.54) is 17.0 Å². The normalized spacial score (nSPS) is 13.0. The minimum absolute atomic E-state index is 0.0902. The summed E-state index contributed by atoms with van der Waals surface area (Å²) in [4.78, 5) is 16.3. The predicted molar refractivity (Wildman–Crippen MR) is 86.1 cm³/mol. The van der Waals surface area contributed by atoms with Gasteiger partial charge in [0.25, 0.3) is 5.69 Å². The van der Waals surface area contributed by atoms with Crippen LogP contribution >= 0.6 is 11.3 Å². The zero-order valence-electron chi connectivity index (χ0n) is 11.5. The number of aromatic nitrogens is 1. The lowest BCUT2D eigenvalue weighted by Crippen LogP contribution is -2.08. The van der Waals surface area contributed by atoms with Crippen molar-refractivity contribution < 1.29 is 4.92 Å². The van der Waals surface area contributed by atoms with Crippen LogP contribution in [0.1, 0.15) is 16.1 Å². The minimum atomic E-state index is -0.390. The largest absolute Gasteiger partial charge is 0.314 e. The SMILES string of the molecule is O=[N+]([O-])c1ccc(C2=NCc3sccc3-n3cccc32)cc1. The molecule has 0 aliphatic carbocycles. The number of thiophene rings is 1. The van der Waals surface area contributed by atoms with Gasteiger partial charge >= 0.3 is 0 Å². The van der Waals surface area contributed by atoms with Gasteiger partial charge in [-0.15, -0.1) is 11.3 Å². The summed E-state index contributed by atoms with van der Waals surface area (Å²) in [6.07, 6.45) is 2.02. The van der Waals surface area contributed by atoms with Crippen molar-refractivity contribution in [2.24, 2.45) is 4.99 Å². The van der Waals surface area contributed by atoms with Crippen molar-refractivity contribution in [2.75, 3.05) is 0 Å². The Morgan fingerprint density at radius 2 is 2.00 bits per heavy atom. The Labute approximate surface area is 130 Å². The topological polar surface area (TPSA) is 60.4 Å². The summed E-state index contributed by atoms with van der Waals surface area (Å²) in [5, 5.41) is 12.9. The van der Waals surface area contributed by atoms with E-state index in [1.807, 2.05) is 18.3 Å². The molecule has 0 bridgehead atoms. The Kier molecular flexibility index (Phi) is 2.90. The van der Waals surface area contributed by atoms with Gasteiger partial charge in [0.05, 0.1) is 33.4 Å². The lowest BCUT2D eigenvalue weighted by Gasteiger charge is -2.08. The third-order valence-electron chi connectivity index (χ3n) is 3.71. The molecule has 0 atom stereocenters. The maximum atomic E-state index is 10.8. The van der Waals surface area contributed by atoms with Crippen LogP contribution in [0, 0.1) is 10.1 Å². The summed E-state index contributed by atoms with van der Waals surface area (Å²) in [5.74, 6) is 0. The molecule has 22 heavy (non-hydrogen) atoms. The van der Waals surface area contributed by atoms with Crippen molar-refractivity contribution in [1.82, 2.24) is 4.57 Å². The molecule has 3 aromatic rings. The Morgan fingerprint density at radius 3 is 2.77 bits per heavy atom. The smallest absolute Gasteiger partial charge is 0.269 e. The number of nitrogens with zero attached hydrogens (tertiary/aromatic N) is 3. The summed E-state index contributed by atoms with van der Waals surface area (Å²) >= 11 is 1.69. The van der Waals surface area contributed by atoms with Crippen molar-refractivity contribution in [3.8, 4) is 5.69 Å². The molecular formula is C16H11N3O2S. The van der Waals surface area contributed by atoms with Gasteiger partial charge < -0.3 is 4.57 Å². The molecule has 1 aliphatic heterocycles. The van der Waals surface area contributed by atoms with E-state index >= 15 is 0 Å². The molecule has 0 saturated heterocycles. The van der Waals surface area contributed by atoms with Crippen molar-refractivity contribution in [2.45, 2.75) is 6.54 Å². The van der Waals surface area contributed by atoms with E-state index < -0.39 is 0 Å². The second-order valence-corrected chi connectivity index (χ2v) is 5.96. The highest BCUT2D eigenvalue weighted by atomic mass is 32.1. The number of non-ortho nitro benzene ring substituents is 1. The van der Waals surface area contributed by atoms with Gasteiger partial charge in [-0.1, -0.05) is 0 Å². The van der Waals surface area contributed by atoms with Crippen molar-refractivity contribution in [1.29, 1.82) is 0 Å². The van der Waals surface area contributed by atoms with E-state index in [9.17, 15) is 10.1 Å². The summed E-state index contributed by atoms with van der Waals surface area (Å²) < 4.78 is 2.12. The highest BCUT2D eigenvalue weighted by molar-refractivity contribution is 7.10. The van der Waals surface area contributed by atoms with Gasteiger partial charge in [0.1, 0.15) is 0 Å². The summed E-state index contributed by atoms with van der Waals surface area (Å²) in [5.41, 5.74) is 4.01. The van der Waals surface area contributed by atoms with Crippen LogP contribution in [-0.2, 0) is 6.54 Å². The molecule has 0 fully saturated rings. The molecule has 0 spiro atoms. The zero-order chi connectivity index (χ0) is 15.1. The molecule has 1 aromatic carbocycles. The van der Waals surface area contributed by atoms with Gasteiger partial charge in [-0.3, -0.25) is 15.1 Å². The highest BCUT2D eigenvalue weighted by Gasteiger charge is 2.19. The number of fused-ring (bicyclic) bond motifs is 3. The maximum Gasteiger partial charge on any atom is 0.269 e. The van der Waals surface area contributed by atoms with Crippen molar-refractivity contribution >= 4 is 22.7 Å². The average Bonchev–Trinajstić information content (AvgIpc) is 3.15. The number of hydrogen-bond acceptors (Lipinski definition) is 4. The molecule has 6 heteroatoms. The van der Waals surface area contributed by atoms with E-state index in [1.54, 1.807) is 23.5 Å². The maximum absolute atomic E-state index is 10.8. The first kappa shape index (κ1) is 13.0. The van der Waals surface area contributed by atoms with E-state index in [0.29, 0.717) is 6.54 Å². The first-order chi connectivity index (χ1) is 10.7. The number of benzene rings is 1. The molecule has 4 rings (SSSR count). The molecule has 0 radical (unpaired) electrons. The van der Waals surface area contributed by atoms with Crippen LogP contribution in [-0.4, -0.2) is 15.2 Å². The predicted octanol–water partition coefficient (Wildman–Crippen LogP) is 3.80. The van der Waals surface area contributed by atoms with Gasteiger partial charge in [-0.05, 0) is 35.7 Å². The van der Waals surface area contributed by atoms with E-state index in [2.05, 4.69) is 16.0 Å². The molecule has 1 aliphatic rings. The van der Waals surface area contributed by atoms with Crippen LogP contribution in [0.5, 0.6) is 0 Å². The molecule has 5 nitrogen and oxygen atoms in total. The van der Waals surface area contributed by atoms with Gasteiger partial charge in [-0.25, -0.2) is 0 Å². The number of nitro benzene ring substituents is 1. The summed E-state index contributed by atoms with van der Waals surface area (Å²) in [6.45, 7) is 0.626. The fraction of sp³-hybridized carbons (Fsp3) is 0.0625. The van der Waals surface area contributed by atoms with Gasteiger partial charge in [0, 0.05) is 23.9 Å². The lowest BCUT2D eigenvalue weighted by molar-refractivity contribution is -0.384. The van der Waals surface area contributed by atoms with E-state index in [0.717, 1.165) is 22.7 Å². The van der Waals surface area contributed by atoms with Crippen LogP contribution in [0.4, 0.5) is 5.69 Å². The second kappa shape index (κ2) is 4.92. The number of rotatable bonds is 2. The average molecular weight is 309 g/mol. The molecule has 0 saturated carbocycles.